The molecule has 0 aliphatic carbocycles. The minimum Gasteiger partial charge on any atom is -0.456 e. The first-order valence-corrected chi connectivity index (χ1v) is 28.0. The van der Waals surface area contributed by atoms with E-state index in [0.717, 1.165) is 177 Å². The van der Waals surface area contributed by atoms with Gasteiger partial charge in [0.1, 0.15) is 22.3 Å². The summed E-state index contributed by atoms with van der Waals surface area (Å²) in [6.45, 7) is 0. The fourth-order valence-electron chi connectivity index (χ4n) is 12.3. The molecule has 0 aliphatic rings. The summed E-state index contributed by atoms with van der Waals surface area (Å²) in [5.41, 5.74) is 22.4. The monoisotopic (exact) mass is 1070 g/mol. The lowest BCUT2D eigenvalue weighted by atomic mass is 9.92. The number of benzene rings is 9. The van der Waals surface area contributed by atoms with Crippen molar-refractivity contribution in [2.24, 2.45) is 0 Å². The van der Waals surface area contributed by atoms with Crippen molar-refractivity contribution in [3.8, 4) is 89.7 Å². The van der Waals surface area contributed by atoms with Crippen LogP contribution in [0, 0.1) is 0 Å². The number of furan rings is 2. The van der Waals surface area contributed by atoms with Gasteiger partial charge in [0.2, 0.25) is 0 Å². The van der Waals surface area contributed by atoms with Crippen molar-refractivity contribution >= 4 is 87.5 Å². The predicted octanol–water partition coefficient (Wildman–Crippen LogP) is 19.8. The van der Waals surface area contributed by atoms with E-state index in [2.05, 4.69) is 198 Å². The van der Waals surface area contributed by atoms with Crippen molar-refractivity contribution in [2.75, 3.05) is 0 Å². The van der Waals surface area contributed by atoms with Crippen molar-refractivity contribution in [1.29, 1.82) is 0 Å². The molecule has 0 saturated heterocycles. The molecule has 0 N–H and O–H groups in total. The molecule has 84 heavy (non-hydrogen) atoms. The molecule has 8 heterocycles. The van der Waals surface area contributed by atoms with E-state index < -0.39 is 0 Å². The lowest BCUT2D eigenvalue weighted by molar-refractivity contribution is 0.669. The summed E-state index contributed by atoms with van der Waals surface area (Å²) in [5, 5.41) is 8.12. The molecule has 0 fully saturated rings. The number of rotatable bonds is 8. The zero-order chi connectivity index (χ0) is 55.2. The molecule has 0 unspecified atom stereocenters. The molecule has 17 aromatic rings. The fourth-order valence-corrected chi connectivity index (χ4v) is 12.3. The van der Waals surface area contributed by atoms with Crippen LogP contribution in [0.3, 0.4) is 0 Å². The van der Waals surface area contributed by atoms with E-state index in [1.54, 1.807) is 0 Å². The molecule has 8 heteroatoms. The van der Waals surface area contributed by atoms with Crippen LogP contribution in [0.1, 0.15) is 0 Å². The van der Waals surface area contributed by atoms with Gasteiger partial charge in [0.25, 0.3) is 0 Å². The Kier molecular flexibility index (Phi) is 10.8. The summed E-state index contributed by atoms with van der Waals surface area (Å²) >= 11 is 0. The highest BCUT2D eigenvalue weighted by molar-refractivity contribution is 6.20. The number of hydrogen-bond donors (Lipinski definition) is 0. The number of hydrogen-bond acceptors (Lipinski definition) is 8. The van der Waals surface area contributed by atoms with Gasteiger partial charge in [-0.25, -0.2) is 15.0 Å². The van der Waals surface area contributed by atoms with Crippen LogP contribution in [0.5, 0.6) is 0 Å². The molecule has 0 amide bonds. The average molecular weight is 1070 g/mol. The molecule has 0 atom stereocenters. The lowest BCUT2D eigenvalue weighted by Gasteiger charge is -2.12. The van der Waals surface area contributed by atoms with Gasteiger partial charge in [0, 0.05) is 95.1 Å². The number of aromatic nitrogens is 6. The summed E-state index contributed by atoms with van der Waals surface area (Å²) in [6.07, 6.45) is 5.55. The van der Waals surface area contributed by atoms with Crippen molar-refractivity contribution in [3.63, 3.8) is 0 Å². The number of fused-ring (bicyclic) bond motifs is 12. The van der Waals surface area contributed by atoms with Gasteiger partial charge in [-0.05, 0) is 125 Å². The van der Waals surface area contributed by atoms with Gasteiger partial charge >= 0.3 is 0 Å². The topological polar surface area (TPSA) is 104 Å². The minimum absolute atomic E-state index is 0.774. The van der Waals surface area contributed by atoms with Crippen LogP contribution in [0.4, 0.5) is 0 Å². The van der Waals surface area contributed by atoms with Crippen molar-refractivity contribution in [3.05, 3.63) is 267 Å². The largest absolute Gasteiger partial charge is 0.456 e. The Bertz CT molecular complexity index is 5470. The molecule has 0 saturated carbocycles. The molecule has 9 aromatic carbocycles. The highest BCUT2D eigenvalue weighted by Gasteiger charge is 2.22. The van der Waals surface area contributed by atoms with Gasteiger partial charge in [0.15, 0.2) is 0 Å². The SMILES string of the molecule is c1ccc(-c2ccc3ccc4ccc(-c5ccc6oc7c(-c8ccnc9c8ccc8ccc(-c%10ccc%11oc%12cccc(-c%13ccc(-c%14ccccn%14)cc%13)c%12c%11c%10)nc89)ccc(-c8ccc(-c9ccccn9)cc8)c7c6c5)nc4c3n2)cc1. The molecular weight excluding hydrogens is 1030 g/mol. The van der Waals surface area contributed by atoms with E-state index >= 15 is 0 Å². The molecule has 17 rings (SSSR count). The second-order valence-electron chi connectivity index (χ2n) is 21.3. The molecule has 8 nitrogen and oxygen atoms in total. The van der Waals surface area contributed by atoms with Crippen LogP contribution in [-0.2, 0) is 0 Å². The molecule has 0 bridgehead atoms. The second-order valence-corrected chi connectivity index (χ2v) is 21.3. The average Bonchev–Trinajstić information content (AvgIpc) is 4.34. The summed E-state index contributed by atoms with van der Waals surface area (Å²) in [4.78, 5) is 30.3. The van der Waals surface area contributed by atoms with Crippen molar-refractivity contribution in [1.82, 2.24) is 29.9 Å². The number of pyridine rings is 6. The van der Waals surface area contributed by atoms with E-state index in [0.29, 0.717) is 0 Å². The maximum Gasteiger partial charge on any atom is 0.143 e. The molecule has 8 aromatic heterocycles. The maximum atomic E-state index is 7.11. The molecule has 0 radical (unpaired) electrons. The summed E-state index contributed by atoms with van der Waals surface area (Å²) in [5.74, 6) is 0. The molecule has 0 spiro atoms. The highest BCUT2D eigenvalue weighted by atomic mass is 16.3. The van der Waals surface area contributed by atoms with Gasteiger partial charge in [-0.15, -0.1) is 0 Å². The first-order valence-electron chi connectivity index (χ1n) is 28.0. The van der Waals surface area contributed by atoms with Gasteiger partial charge in [0.05, 0.1) is 50.5 Å². The van der Waals surface area contributed by atoms with Crippen LogP contribution in [0.2, 0.25) is 0 Å². The van der Waals surface area contributed by atoms with Crippen LogP contribution in [0.15, 0.2) is 276 Å². The minimum atomic E-state index is 0.774. The van der Waals surface area contributed by atoms with Crippen LogP contribution < -0.4 is 0 Å². The third-order valence-corrected chi connectivity index (χ3v) is 16.5. The summed E-state index contributed by atoms with van der Waals surface area (Å²) in [6, 6.07) is 86.4. The predicted molar refractivity (Wildman–Crippen MR) is 341 cm³/mol. The quantitative estimate of drug-likeness (QED) is 0.139. The zero-order valence-corrected chi connectivity index (χ0v) is 44.9. The van der Waals surface area contributed by atoms with Crippen molar-refractivity contribution < 1.29 is 8.83 Å². The summed E-state index contributed by atoms with van der Waals surface area (Å²) < 4.78 is 13.6. The van der Waals surface area contributed by atoms with Gasteiger partial charge in [-0.1, -0.05) is 152 Å². The molecule has 0 aliphatic heterocycles. The third kappa shape index (κ3) is 7.84. The first kappa shape index (κ1) is 47.3. The molecule has 390 valence electrons. The van der Waals surface area contributed by atoms with Gasteiger partial charge < -0.3 is 8.83 Å². The summed E-state index contributed by atoms with van der Waals surface area (Å²) in [7, 11) is 0. The third-order valence-electron chi connectivity index (χ3n) is 16.5. The smallest absolute Gasteiger partial charge is 0.143 e. The Morgan fingerprint density at radius 2 is 0.726 bits per heavy atom. The van der Waals surface area contributed by atoms with Gasteiger partial charge in [-0.3, -0.25) is 15.0 Å². The van der Waals surface area contributed by atoms with Crippen LogP contribution in [-0.4, -0.2) is 29.9 Å². The Balaban J connectivity index is 0.796. The van der Waals surface area contributed by atoms with Crippen LogP contribution in [0.25, 0.3) is 177 Å². The standard InChI is InChI=1S/C76H44N6O2/c1-2-9-47(10-3-1)64-34-26-50-23-24-51-27-35-65(81-73(51)72(50)80-64)54-30-38-68-61(44-54)71-56(46-17-21-49(22-18-46)63-13-5-7-41-78-63)32-33-59(76(71)84-68)57-39-42-79-75-58(57)31-25-52-28-36-66(82-74(52)75)53-29-37-67-60(43-53)70-55(11-8-14-69(70)83-67)45-15-19-48(20-16-45)62-12-4-6-40-77-62/h1-44H. The number of nitrogens with zero attached hydrogens (tertiary/aromatic N) is 6. The van der Waals surface area contributed by atoms with E-state index in [9.17, 15) is 0 Å². The van der Waals surface area contributed by atoms with E-state index in [1.165, 1.54) is 0 Å². The van der Waals surface area contributed by atoms with E-state index in [-0.39, 0.29) is 0 Å². The fraction of sp³-hybridized carbons (Fsp3) is 0. The maximum absolute atomic E-state index is 7.11. The molecular formula is C76H44N6O2. The Labute approximate surface area is 480 Å². The van der Waals surface area contributed by atoms with Crippen LogP contribution >= 0.6 is 0 Å². The lowest BCUT2D eigenvalue weighted by Crippen LogP contribution is -1.91. The van der Waals surface area contributed by atoms with Gasteiger partial charge in [-0.2, -0.15) is 0 Å². The Hall–Kier alpha value is -11.5. The van der Waals surface area contributed by atoms with Crippen molar-refractivity contribution in [2.45, 2.75) is 0 Å². The zero-order valence-electron chi connectivity index (χ0n) is 44.9. The first-order chi connectivity index (χ1) is 41.6. The van der Waals surface area contributed by atoms with E-state index in [4.69, 9.17) is 28.8 Å². The highest BCUT2D eigenvalue weighted by Crippen LogP contribution is 2.46. The van der Waals surface area contributed by atoms with E-state index in [1.807, 2.05) is 79.3 Å². The Morgan fingerprint density at radius 1 is 0.238 bits per heavy atom. The Morgan fingerprint density at radius 3 is 1.33 bits per heavy atom. The second kappa shape index (κ2) is 19.1. The normalized spacial score (nSPS) is 11.8.